The molecule has 170 valence electrons. The molecule has 0 aromatic heterocycles. The number of hydrazone groups is 1. The minimum Gasteiger partial charge on any atom is -0.484 e. The molecule has 1 aliphatic rings. The molecule has 0 fully saturated rings. The Kier molecular flexibility index (Phi) is 7.70. The van der Waals surface area contributed by atoms with E-state index in [2.05, 4.69) is 15.8 Å². The molecule has 2 aromatic carbocycles. The van der Waals surface area contributed by atoms with Gasteiger partial charge in [-0.3, -0.25) is 9.59 Å². The van der Waals surface area contributed by atoms with Gasteiger partial charge in [-0.1, -0.05) is 32.0 Å². The summed E-state index contributed by atoms with van der Waals surface area (Å²) in [6.07, 6.45) is 2.02. The van der Waals surface area contributed by atoms with E-state index in [0.29, 0.717) is 23.7 Å². The molecule has 0 radical (unpaired) electrons. The Morgan fingerprint density at radius 1 is 1.12 bits per heavy atom. The van der Waals surface area contributed by atoms with Crippen LogP contribution in [0, 0.1) is 19.8 Å². The highest BCUT2D eigenvalue weighted by Gasteiger charge is 2.22. The highest BCUT2D eigenvalue weighted by Crippen LogP contribution is 2.34. The lowest BCUT2D eigenvalue weighted by molar-refractivity contribution is -0.130. The van der Waals surface area contributed by atoms with E-state index in [4.69, 9.17) is 14.2 Å². The van der Waals surface area contributed by atoms with Crippen LogP contribution in [0.15, 0.2) is 41.5 Å². The summed E-state index contributed by atoms with van der Waals surface area (Å²) < 4.78 is 16.3. The number of benzene rings is 2. The van der Waals surface area contributed by atoms with E-state index in [1.807, 2.05) is 58.0 Å². The lowest BCUT2D eigenvalue weighted by atomic mass is 10.0. The Morgan fingerprint density at radius 3 is 2.56 bits per heavy atom. The maximum atomic E-state index is 12.7. The van der Waals surface area contributed by atoms with Crippen LogP contribution in [0.4, 0.5) is 0 Å². The van der Waals surface area contributed by atoms with Crippen LogP contribution in [0.3, 0.4) is 0 Å². The van der Waals surface area contributed by atoms with Crippen LogP contribution in [0.1, 0.15) is 37.0 Å². The average molecular weight is 440 g/mol. The normalized spacial score (nSPS) is 13.3. The second-order valence-electron chi connectivity index (χ2n) is 8.10. The van der Waals surface area contributed by atoms with Crippen LogP contribution in [-0.4, -0.2) is 37.5 Å². The number of carbonyl (C=O) groups excluding carboxylic acids is 2. The maximum absolute atomic E-state index is 12.7. The van der Waals surface area contributed by atoms with Gasteiger partial charge in [-0.05, 0) is 55.5 Å². The zero-order valence-electron chi connectivity index (χ0n) is 18.8. The summed E-state index contributed by atoms with van der Waals surface area (Å²) in [5.74, 6) is 1.40. The fraction of sp³-hybridized carbons (Fsp3) is 0.375. The number of nitrogens with one attached hydrogen (secondary N) is 2. The first-order valence-electron chi connectivity index (χ1n) is 10.5. The van der Waals surface area contributed by atoms with E-state index in [9.17, 15) is 9.59 Å². The number of carbonyl (C=O) groups is 2. The molecule has 8 heteroatoms. The van der Waals surface area contributed by atoms with Gasteiger partial charge in [0.2, 0.25) is 6.79 Å². The summed E-state index contributed by atoms with van der Waals surface area (Å²) in [5.41, 5.74) is 5.19. The lowest BCUT2D eigenvalue weighted by Crippen LogP contribution is -2.47. The molecule has 0 saturated carbocycles. The first kappa shape index (κ1) is 23.1. The van der Waals surface area contributed by atoms with Crippen molar-refractivity contribution < 1.29 is 23.8 Å². The fourth-order valence-electron chi connectivity index (χ4n) is 3.24. The van der Waals surface area contributed by atoms with Gasteiger partial charge < -0.3 is 19.5 Å². The van der Waals surface area contributed by atoms with Gasteiger partial charge >= 0.3 is 0 Å². The third kappa shape index (κ3) is 6.23. The van der Waals surface area contributed by atoms with Gasteiger partial charge in [-0.25, -0.2) is 5.43 Å². The first-order chi connectivity index (χ1) is 15.3. The topological polar surface area (TPSA) is 98.3 Å². The number of hydrogen-bond donors (Lipinski definition) is 2. The molecular weight excluding hydrogens is 410 g/mol. The Hall–Kier alpha value is -3.55. The summed E-state index contributed by atoms with van der Waals surface area (Å²) in [5, 5.41) is 6.81. The smallest absolute Gasteiger partial charge is 0.262 e. The summed E-state index contributed by atoms with van der Waals surface area (Å²) in [6, 6.07) is 10.4. The average Bonchev–Trinajstić information content (AvgIpc) is 3.19. The van der Waals surface area contributed by atoms with E-state index in [1.165, 1.54) is 0 Å². The molecule has 1 atom stereocenters. The highest BCUT2D eigenvalue weighted by atomic mass is 16.7. The van der Waals surface area contributed by atoms with Crippen molar-refractivity contribution in [3.05, 3.63) is 53.1 Å². The number of fused-ring (bicyclic) bond motifs is 1. The van der Waals surface area contributed by atoms with Crippen LogP contribution in [-0.2, 0) is 9.59 Å². The van der Waals surface area contributed by atoms with Gasteiger partial charge in [-0.15, -0.1) is 0 Å². The number of amides is 2. The zero-order chi connectivity index (χ0) is 23.1. The van der Waals surface area contributed by atoms with E-state index < -0.39 is 11.9 Å². The number of aryl methyl sites for hydroxylation is 2. The number of ether oxygens (including phenoxy) is 3. The Bertz CT molecular complexity index is 1000. The summed E-state index contributed by atoms with van der Waals surface area (Å²) in [6.45, 7) is 7.80. The van der Waals surface area contributed by atoms with Crippen molar-refractivity contribution in [3.8, 4) is 17.2 Å². The van der Waals surface area contributed by atoms with E-state index in [1.54, 1.807) is 12.3 Å². The predicted molar refractivity (Wildman–Crippen MR) is 121 cm³/mol. The van der Waals surface area contributed by atoms with Crippen LogP contribution in [0.25, 0.3) is 0 Å². The van der Waals surface area contributed by atoms with Crippen molar-refractivity contribution in [1.29, 1.82) is 0 Å². The van der Waals surface area contributed by atoms with Crippen molar-refractivity contribution in [1.82, 2.24) is 10.7 Å². The van der Waals surface area contributed by atoms with Crippen molar-refractivity contribution in [2.75, 3.05) is 13.4 Å². The fourth-order valence-corrected chi connectivity index (χ4v) is 3.24. The van der Waals surface area contributed by atoms with Gasteiger partial charge in [0, 0.05) is 5.56 Å². The molecule has 3 rings (SSSR count). The summed E-state index contributed by atoms with van der Waals surface area (Å²) in [4.78, 5) is 25.1. The third-order valence-electron chi connectivity index (χ3n) is 4.95. The van der Waals surface area contributed by atoms with E-state index in [-0.39, 0.29) is 25.2 Å². The van der Waals surface area contributed by atoms with E-state index >= 15 is 0 Å². The molecule has 0 spiro atoms. The minimum atomic E-state index is -0.724. The van der Waals surface area contributed by atoms with Gasteiger partial charge in [0.05, 0.1) is 6.21 Å². The van der Waals surface area contributed by atoms with Crippen molar-refractivity contribution >= 4 is 18.0 Å². The van der Waals surface area contributed by atoms with Crippen LogP contribution in [0.2, 0.25) is 0 Å². The third-order valence-corrected chi connectivity index (χ3v) is 4.95. The maximum Gasteiger partial charge on any atom is 0.262 e. The minimum absolute atomic E-state index is 0.174. The molecule has 0 unspecified atom stereocenters. The number of para-hydroxylation sites is 1. The van der Waals surface area contributed by atoms with Crippen molar-refractivity contribution in [2.24, 2.45) is 11.0 Å². The molecule has 8 nitrogen and oxygen atoms in total. The quantitative estimate of drug-likeness (QED) is 0.462. The SMILES string of the molecule is Cc1cc2c(cc1/C=N\NC(=O)[C@H](CC(C)C)NC(=O)COc1ccccc1C)OCO2. The number of hydrogen-bond acceptors (Lipinski definition) is 6. The molecule has 32 heavy (non-hydrogen) atoms. The van der Waals surface area contributed by atoms with Crippen molar-refractivity contribution in [2.45, 2.75) is 40.2 Å². The molecule has 0 aliphatic carbocycles. The molecule has 0 bridgehead atoms. The van der Waals surface area contributed by atoms with Crippen molar-refractivity contribution in [3.63, 3.8) is 0 Å². The Morgan fingerprint density at radius 2 is 1.84 bits per heavy atom. The summed E-state index contributed by atoms with van der Waals surface area (Å²) in [7, 11) is 0. The van der Waals surface area contributed by atoms with Crippen LogP contribution >= 0.6 is 0 Å². The predicted octanol–water partition coefficient (Wildman–Crippen LogP) is 3.09. The molecule has 1 aliphatic heterocycles. The second-order valence-corrected chi connectivity index (χ2v) is 8.10. The Balaban J connectivity index is 1.57. The molecule has 0 saturated heterocycles. The molecular formula is C24H29N3O5. The standard InChI is InChI=1S/C24H29N3O5/c1-15(2)9-19(26-23(28)13-30-20-8-6-5-7-16(20)3)24(29)27-25-12-18-11-22-21(10-17(18)4)31-14-32-22/h5-8,10-12,15,19H,9,13-14H2,1-4H3,(H,26,28)(H,27,29)/b25-12-/t19-/m0/s1. The van der Waals surface area contributed by atoms with Gasteiger partial charge in [0.1, 0.15) is 11.8 Å². The molecule has 2 amide bonds. The zero-order valence-corrected chi connectivity index (χ0v) is 18.8. The molecule has 2 N–H and O–H groups in total. The van der Waals surface area contributed by atoms with Crippen LogP contribution < -0.4 is 25.0 Å². The summed E-state index contributed by atoms with van der Waals surface area (Å²) >= 11 is 0. The Labute approximate surface area is 187 Å². The number of nitrogens with zero attached hydrogens (tertiary/aromatic N) is 1. The van der Waals surface area contributed by atoms with Gasteiger partial charge in [-0.2, -0.15) is 5.10 Å². The number of rotatable bonds is 9. The van der Waals surface area contributed by atoms with Crippen LogP contribution in [0.5, 0.6) is 17.2 Å². The van der Waals surface area contributed by atoms with Gasteiger partial charge in [0.25, 0.3) is 11.8 Å². The first-order valence-corrected chi connectivity index (χ1v) is 10.5. The molecule has 2 aromatic rings. The highest BCUT2D eigenvalue weighted by molar-refractivity contribution is 5.89. The second kappa shape index (κ2) is 10.7. The van der Waals surface area contributed by atoms with Gasteiger partial charge in [0.15, 0.2) is 18.1 Å². The largest absolute Gasteiger partial charge is 0.484 e. The lowest BCUT2D eigenvalue weighted by Gasteiger charge is -2.19. The van der Waals surface area contributed by atoms with E-state index in [0.717, 1.165) is 16.7 Å². The molecule has 1 heterocycles. The monoisotopic (exact) mass is 439 g/mol.